The Bertz CT molecular complexity index is 963. The summed E-state index contributed by atoms with van der Waals surface area (Å²) in [5, 5.41) is 6.74. The first-order valence-electron chi connectivity index (χ1n) is 10.5. The lowest BCUT2D eigenvalue weighted by Gasteiger charge is -2.59. The average Bonchev–Trinajstić information content (AvgIpc) is 3.33. The number of hydrogen-bond donors (Lipinski definition) is 1. The van der Waals surface area contributed by atoms with Crippen LogP contribution in [0.3, 0.4) is 0 Å². The van der Waals surface area contributed by atoms with Crippen molar-refractivity contribution in [3.63, 3.8) is 0 Å². The van der Waals surface area contributed by atoms with Crippen LogP contribution in [0.25, 0.3) is 0 Å². The van der Waals surface area contributed by atoms with E-state index in [2.05, 4.69) is 15.2 Å². The smallest absolute Gasteiger partial charge is 0.324 e. The Morgan fingerprint density at radius 2 is 2.00 bits per heavy atom. The van der Waals surface area contributed by atoms with E-state index in [1.165, 1.54) is 12.4 Å². The van der Waals surface area contributed by atoms with Crippen LogP contribution in [0, 0.1) is 17.2 Å². The molecule has 6 nitrogen and oxygen atoms in total. The van der Waals surface area contributed by atoms with Crippen molar-refractivity contribution in [2.75, 3.05) is 26.2 Å². The maximum Gasteiger partial charge on any atom is 0.416 e. The summed E-state index contributed by atoms with van der Waals surface area (Å²) in [7, 11) is 0. The number of aromatic nitrogens is 3. The van der Waals surface area contributed by atoms with Gasteiger partial charge in [-0.2, -0.15) is 18.3 Å². The highest BCUT2D eigenvalue weighted by molar-refractivity contribution is 5.76. The van der Waals surface area contributed by atoms with Gasteiger partial charge < -0.3 is 9.80 Å². The van der Waals surface area contributed by atoms with Crippen LogP contribution in [-0.2, 0) is 12.6 Å². The van der Waals surface area contributed by atoms with Crippen molar-refractivity contribution in [2.24, 2.45) is 11.3 Å². The van der Waals surface area contributed by atoms with Crippen LogP contribution in [-0.4, -0.2) is 57.2 Å². The Kier molecular flexibility index (Phi) is 4.71. The Labute approximate surface area is 176 Å². The third kappa shape index (κ3) is 3.76. The molecule has 2 amide bonds. The predicted octanol–water partition coefficient (Wildman–Crippen LogP) is 3.83. The molecule has 1 aromatic carbocycles. The minimum atomic E-state index is -4.54. The number of likely N-dealkylation sites (tertiary alicyclic amines) is 2. The molecule has 2 aromatic rings. The maximum absolute atomic E-state index is 14.1. The van der Waals surface area contributed by atoms with E-state index in [1.54, 1.807) is 0 Å². The number of aromatic amines is 1. The van der Waals surface area contributed by atoms with Gasteiger partial charge in [0.1, 0.15) is 18.0 Å². The summed E-state index contributed by atoms with van der Waals surface area (Å²) in [6.45, 7) is 2.72. The second-order valence-corrected chi connectivity index (χ2v) is 9.22. The molecule has 1 N–H and O–H groups in total. The predicted molar refractivity (Wildman–Crippen MR) is 103 cm³/mol. The standard InChI is InChI=1S/C21H23F4N5O/c22-17-6-16(21(23,24)25)2-1-14(17)5-13-7-20(8-13)10-30(11-20)19(31)29-4-3-15(9-29)18-26-12-27-28-18/h1-2,6,12-13,15H,3-5,7-11H2,(H,26,27,28)/t15-/m0/s1. The zero-order valence-electron chi connectivity index (χ0n) is 16.8. The molecule has 0 radical (unpaired) electrons. The van der Waals surface area contributed by atoms with Crippen LogP contribution in [0.1, 0.15) is 42.1 Å². The summed E-state index contributed by atoms with van der Waals surface area (Å²) < 4.78 is 52.2. The van der Waals surface area contributed by atoms with E-state index < -0.39 is 17.6 Å². The third-order valence-corrected chi connectivity index (χ3v) is 6.93. The molecule has 1 saturated carbocycles. The lowest BCUT2D eigenvalue weighted by Crippen LogP contribution is -2.65. The van der Waals surface area contributed by atoms with Gasteiger partial charge >= 0.3 is 12.2 Å². The normalized spacial score (nSPS) is 23.2. The van der Waals surface area contributed by atoms with Gasteiger partial charge in [-0.05, 0) is 49.3 Å². The van der Waals surface area contributed by atoms with Crippen LogP contribution in [0.5, 0.6) is 0 Å². The van der Waals surface area contributed by atoms with Gasteiger partial charge in [0.15, 0.2) is 0 Å². The number of alkyl halides is 3. The van der Waals surface area contributed by atoms with Gasteiger partial charge in [0.2, 0.25) is 0 Å². The first-order valence-corrected chi connectivity index (χ1v) is 10.5. The summed E-state index contributed by atoms with van der Waals surface area (Å²) >= 11 is 0. The Balaban J connectivity index is 1.10. The van der Waals surface area contributed by atoms with Gasteiger partial charge in [0, 0.05) is 37.5 Å². The van der Waals surface area contributed by atoms with Gasteiger partial charge in [-0.25, -0.2) is 14.2 Å². The van der Waals surface area contributed by atoms with Gasteiger partial charge in [-0.1, -0.05) is 6.07 Å². The van der Waals surface area contributed by atoms with E-state index >= 15 is 0 Å². The van der Waals surface area contributed by atoms with Gasteiger partial charge in [0.05, 0.1) is 5.56 Å². The molecular formula is C21H23F4N5O. The molecule has 2 saturated heterocycles. The summed E-state index contributed by atoms with van der Waals surface area (Å²) in [5.74, 6) is 0.448. The van der Waals surface area contributed by atoms with Crippen molar-refractivity contribution >= 4 is 6.03 Å². The van der Waals surface area contributed by atoms with Crippen molar-refractivity contribution < 1.29 is 22.4 Å². The molecule has 3 heterocycles. The van der Waals surface area contributed by atoms with E-state index in [-0.39, 0.29) is 23.3 Å². The van der Waals surface area contributed by atoms with Crippen LogP contribution in [0.15, 0.2) is 24.5 Å². The molecule has 1 aliphatic carbocycles. The lowest BCUT2D eigenvalue weighted by atomic mass is 9.56. The summed E-state index contributed by atoms with van der Waals surface area (Å²) in [6.07, 6.45) is -0.0181. The number of carbonyl (C=O) groups excluding carboxylic acids is 1. The van der Waals surface area contributed by atoms with E-state index in [0.717, 1.165) is 31.2 Å². The van der Waals surface area contributed by atoms with Crippen molar-refractivity contribution in [1.29, 1.82) is 0 Å². The second-order valence-electron chi connectivity index (χ2n) is 9.22. The molecular weight excluding hydrogens is 414 g/mol. The summed E-state index contributed by atoms with van der Waals surface area (Å²) in [4.78, 5) is 20.7. The zero-order chi connectivity index (χ0) is 21.8. The Morgan fingerprint density at radius 3 is 2.65 bits per heavy atom. The fourth-order valence-electron chi connectivity index (χ4n) is 5.44. The number of H-pyrrole nitrogens is 1. The van der Waals surface area contributed by atoms with Crippen LogP contribution < -0.4 is 0 Å². The molecule has 3 aliphatic rings. The van der Waals surface area contributed by atoms with E-state index in [1.807, 2.05) is 9.80 Å². The summed E-state index contributed by atoms with van der Waals surface area (Å²) in [5.41, 5.74) is -0.540. The van der Waals surface area contributed by atoms with Crippen LogP contribution in [0.2, 0.25) is 0 Å². The maximum atomic E-state index is 14.1. The highest BCUT2D eigenvalue weighted by Crippen LogP contribution is 2.53. The van der Waals surface area contributed by atoms with Crippen molar-refractivity contribution in [1.82, 2.24) is 25.0 Å². The van der Waals surface area contributed by atoms with E-state index in [9.17, 15) is 22.4 Å². The average molecular weight is 437 g/mol. The Morgan fingerprint density at radius 1 is 1.23 bits per heavy atom. The minimum absolute atomic E-state index is 0.0462. The molecule has 5 rings (SSSR count). The summed E-state index contributed by atoms with van der Waals surface area (Å²) in [6, 6.07) is 2.82. The first kappa shape index (κ1) is 20.3. The number of amides is 2. The molecule has 10 heteroatoms. The number of benzene rings is 1. The second kappa shape index (κ2) is 7.20. The van der Waals surface area contributed by atoms with E-state index in [0.29, 0.717) is 44.2 Å². The number of carbonyl (C=O) groups is 1. The molecule has 166 valence electrons. The molecule has 1 spiro atoms. The first-order chi connectivity index (χ1) is 14.7. The fourth-order valence-corrected chi connectivity index (χ4v) is 5.44. The quantitative estimate of drug-likeness (QED) is 0.743. The highest BCUT2D eigenvalue weighted by atomic mass is 19.4. The number of halogens is 4. The topological polar surface area (TPSA) is 65.1 Å². The molecule has 0 unspecified atom stereocenters. The molecule has 2 aliphatic heterocycles. The van der Waals surface area contributed by atoms with Gasteiger partial charge in [-0.15, -0.1) is 0 Å². The number of nitrogens with zero attached hydrogens (tertiary/aromatic N) is 4. The largest absolute Gasteiger partial charge is 0.416 e. The molecule has 0 bridgehead atoms. The minimum Gasteiger partial charge on any atom is -0.324 e. The zero-order valence-corrected chi connectivity index (χ0v) is 16.8. The van der Waals surface area contributed by atoms with Crippen LogP contribution in [0.4, 0.5) is 22.4 Å². The van der Waals surface area contributed by atoms with Crippen molar-refractivity contribution in [2.45, 2.75) is 37.8 Å². The number of hydrogen-bond acceptors (Lipinski definition) is 3. The van der Waals surface area contributed by atoms with E-state index in [4.69, 9.17) is 0 Å². The lowest BCUT2D eigenvalue weighted by molar-refractivity contribution is -0.137. The van der Waals surface area contributed by atoms with Crippen molar-refractivity contribution in [3.05, 3.63) is 47.3 Å². The van der Waals surface area contributed by atoms with Crippen LogP contribution >= 0.6 is 0 Å². The highest BCUT2D eigenvalue weighted by Gasteiger charge is 2.54. The number of urea groups is 1. The third-order valence-electron chi connectivity index (χ3n) is 6.93. The van der Waals surface area contributed by atoms with Crippen molar-refractivity contribution in [3.8, 4) is 0 Å². The van der Waals surface area contributed by atoms with Gasteiger partial charge in [0.25, 0.3) is 0 Å². The number of nitrogens with one attached hydrogen (secondary N) is 1. The SMILES string of the molecule is O=C(N1CC[C@H](c2ncn[nH]2)C1)N1CC2(CC(Cc3ccc(C(F)(F)F)cc3F)C2)C1. The molecule has 1 atom stereocenters. The molecule has 3 fully saturated rings. The monoisotopic (exact) mass is 437 g/mol. The molecule has 31 heavy (non-hydrogen) atoms. The fraction of sp³-hybridized carbons (Fsp3) is 0.571. The molecule has 1 aromatic heterocycles. The number of rotatable bonds is 3. The Hall–Kier alpha value is -2.65. The van der Waals surface area contributed by atoms with Gasteiger partial charge in [-0.3, -0.25) is 5.10 Å².